The number of fused-ring (bicyclic) bond motifs is 5. The molecule has 0 amide bonds. The van der Waals surface area contributed by atoms with Gasteiger partial charge in [-0.25, -0.2) is 4.98 Å². The monoisotopic (exact) mass is 686 g/mol. The van der Waals surface area contributed by atoms with Gasteiger partial charge < -0.3 is 0 Å². The Morgan fingerprint density at radius 1 is 0.389 bits per heavy atom. The summed E-state index contributed by atoms with van der Waals surface area (Å²) in [5.74, 6) is 0.935. The number of imidazole rings is 1. The lowest BCUT2D eigenvalue weighted by molar-refractivity contribution is 1.10. The Labute approximate surface area is 314 Å². The van der Waals surface area contributed by atoms with Crippen LogP contribution >= 0.6 is 0 Å². The first-order valence-corrected chi connectivity index (χ1v) is 18.6. The number of hydrogen-bond acceptors (Lipinski definition) is 1. The van der Waals surface area contributed by atoms with Crippen LogP contribution in [-0.2, 0) is 0 Å². The summed E-state index contributed by atoms with van der Waals surface area (Å²) in [7, 11) is 0. The molecule has 0 saturated carbocycles. The number of hydrogen-bond donors (Lipinski definition) is 0. The number of nitrogens with zero attached hydrogens (tertiary/aromatic N) is 2. The van der Waals surface area contributed by atoms with Crippen molar-refractivity contribution in [2.75, 3.05) is 0 Å². The van der Waals surface area contributed by atoms with Crippen molar-refractivity contribution in [3.05, 3.63) is 194 Å². The molecule has 0 radical (unpaired) electrons. The van der Waals surface area contributed by atoms with E-state index in [1.807, 2.05) is 0 Å². The first-order valence-electron chi connectivity index (χ1n) is 18.6. The zero-order valence-electron chi connectivity index (χ0n) is 29.8. The van der Waals surface area contributed by atoms with Crippen molar-refractivity contribution >= 4 is 32.6 Å². The van der Waals surface area contributed by atoms with E-state index in [0.717, 1.165) is 28.1 Å². The Morgan fingerprint density at radius 2 is 0.981 bits per heavy atom. The second kappa shape index (κ2) is 12.0. The quantitative estimate of drug-likeness (QED) is 0.176. The maximum atomic E-state index is 5.19. The molecule has 2 heteroatoms. The Morgan fingerprint density at radius 3 is 1.74 bits per heavy atom. The molecule has 11 rings (SSSR count). The maximum absolute atomic E-state index is 5.19. The van der Waals surface area contributed by atoms with Crippen LogP contribution in [0.1, 0.15) is 5.56 Å². The molecule has 0 unspecified atom stereocenters. The molecule has 0 fully saturated rings. The zero-order chi connectivity index (χ0) is 35.8. The van der Waals surface area contributed by atoms with Crippen LogP contribution in [0.2, 0.25) is 0 Å². The Hall–Kier alpha value is -7.03. The maximum Gasteiger partial charge on any atom is 0.145 e. The van der Waals surface area contributed by atoms with Crippen molar-refractivity contribution in [1.29, 1.82) is 0 Å². The fourth-order valence-corrected chi connectivity index (χ4v) is 8.91. The van der Waals surface area contributed by atoms with Crippen molar-refractivity contribution in [2.24, 2.45) is 0 Å². The summed E-state index contributed by atoms with van der Waals surface area (Å²) in [5.41, 5.74) is 18.2. The van der Waals surface area contributed by atoms with Crippen LogP contribution in [0.15, 0.2) is 188 Å². The van der Waals surface area contributed by atoms with Gasteiger partial charge in [-0.3, -0.25) is 4.57 Å². The van der Waals surface area contributed by atoms with E-state index in [-0.39, 0.29) is 0 Å². The van der Waals surface area contributed by atoms with E-state index in [1.165, 1.54) is 82.7 Å². The molecule has 10 aromatic rings. The lowest BCUT2D eigenvalue weighted by Crippen LogP contribution is -1.97. The van der Waals surface area contributed by atoms with Crippen molar-refractivity contribution in [3.8, 4) is 72.7 Å². The molecule has 0 N–H and O–H groups in total. The summed E-state index contributed by atoms with van der Waals surface area (Å²) in [6.45, 7) is 2.20. The highest BCUT2D eigenvalue weighted by Gasteiger charge is 2.31. The van der Waals surface area contributed by atoms with Gasteiger partial charge in [0.25, 0.3) is 0 Å². The predicted molar refractivity (Wildman–Crippen MR) is 227 cm³/mol. The van der Waals surface area contributed by atoms with Crippen molar-refractivity contribution < 1.29 is 0 Å². The minimum Gasteiger partial charge on any atom is -0.292 e. The molecule has 0 aliphatic heterocycles. The van der Waals surface area contributed by atoms with Crippen LogP contribution in [0.3, 0.4) is 0 Å². The van der Waals surface area contributed by atoms with Gasteiger partial charge >= 0.3 is 0 Å². The van der Waals surface area contributed by atoms with Gasteiger partial charge in [-0.1, -0.05) is 163 Å². The van der Waals surface area contributed by atoms with Gasteiger partial charge in [0.05, 0.1) is 11.0 Å². The van der Waals surface area contributed by atoms with Crippen molar-refractivity contribution in [1.82, 2.24) is 9.55 Å². The number of aromatic nitrogens is 2. The summed E-state index contributed by atoms with van der Waals surface area (Å²) in [5, 5.41) is 5.14. The van der Waals surface area contributed by atoms with E-state index in [4.69, 9.17) is 4.98 Å². The molecule has 0 atom stereocenters. The van der Waals surface area contributed by atoms with Crippen LogP contribution in [0.4, 0.5) is 0 Å². The predicted octanol–water partition coefficient (Wildman–Crippen LogP) is 14.0. The third kappa shape index (κ3) is 4.57. The second-order valence-corrected chi connectivity index (χ2v) is 14.3. The third-order valence-electron chi connectivity index (χ3n) is 11.2. The highest BCUT2D eigenvalue weighted by Crippen LogP contribution is 2.58. The second-order valence-electron chi connectivity index (χ2n) is 14.3. The SMILES string of the molecule is Cc1ccc2c(-c3ccccc3)c3c(c(-c4ccccc4)c2c1)-c1cccc2c(-c4cccc(-c5nc6ccccc6n5-c5ccccc5)c4)ccc-3c12. The summed E-state index contributed by atoms with van der Waals surface area (Å²) in [4.78, 5) is 5.19. The summed E-state index contributed by atoms with van der Waals surface area (Å²) >= 11 is 0. The molecule has 252 valence electrons. The largest absolute Gasteiger partial charge is 0.292 e. The van der Waals surface area contributed by atoms with Gasteiger partial charge in [0.15, 0.2) is 0 Å². The fourth-order valence-electron chi connectivity index (χ4n) is 8.91. The molecule has 1 aliphatic rings. The molecule has 1 heterocycles. The molecule has 2 nitrogen and oxygen atoms in total. The lowest BCUT2D eigenvalue weighted by atomic mass is 9.82. The first kappa shape index (κ1) is 30.6. The van der Waals surface area contributed by atoms with Crippen LogP contribution in [0, 0.1) is 6.92 Å². The molecule has 0 saturated heterocycles. The highest BCUT2D eigenvalue weighted by atomic mass is 15.1. The smallest absolute Gasteiger partial charge is 0.145 e. The van der Waals surface area contributed by atoms with Gasteiger partial charge in [-0.2, -0.15) is 0 Å². The molecule has 9 aromatic carbocycles. The molecule has 0 bridgehead atoms. The average molecular weight is 687 g/mol. The van der Waals surface area contributed by atoms with E-state index < -0.39 is 0 Å². The molecular weight excluding hydrogens is 653 g/mol. The normalized spacial score (nSPS) is 11.8. The molecule has 0 spiro atoms. The number of rotatable bonds is 5. The van der Waals surface area contributed by atoms with Crippen LogP contribution in [-0.4, -0.2) is 9.55 Å². The van der Waals surface area contributed by atoms with Gasteiger partial charge in [0.1, 0.15) is 5.82 Å². The van der Waals surface area contributed by atoms with Crippen molar-refractivity contribution in [2.45, 2.75) is 6.92 Å². The molecule has 54 heavy (non-hydrogen) atoms. The summed E-state index contributed by atoms with van der Waals surface area (Å²) < 4.78 is 2.28. The minimum absolute atomic E-state index is 0.935. The number of benzene rings is 9. The van der Waals surface area contributed by atoms with Gasteiger partial charge in [-0.15, -0.1) is 0 Å². The Bertz CT molecular complexity index is 3080. The van der Waals surface area contributed by atoms with E-state index in [0.29, 0.717) is 0 Å². The standard InChI is InChI=1S/C52H34N2/c1-33-27-28-41-44(31-33)48(35-17-7-3-8-18-35)50-42-24-14-23-40-39(29-30-43(49(40)42)51(50)47(41)34-15-5-2-6-16-34)36-19-13-20-37(32-36)52-53-45-25-11-12-26-46(45)54(52)38-21-9-4-10-22-38/h2-32H,1H3. The number of aryl methyl sites for hydroxylation is 1. The molecule has 1 aromatic heterocycles. The van der Waals surface area contributed by atoms with E-state index in [1.54, 1.807) is 0 Å². The van der Waals surface area contributed by atoms with Gasteiger partial charge in [0, 0.05) is 11.3 Å². The lowest BCUT2D eigenvalue weighted by Gasteiger charge is -2.21. The van der Waals surface area contributed by atoms with Gasteiger partial charge in [0.2, 0.25) is 0 Å². The zero-order valence-corrected chi connectivity index (χ0v) is 29.8. The fraction of sp³-hybridized carbons (Fsp3) is 0.0192. The summed E-state index contributed by atoms with van der Waals surface area (Å²) in [6.07, 6.45) is 0. The van der Waals surface area contributed by atoms with Crippen molar-refractivity contribution in [3.63, 3.8) is 0 Å². The average Bonchev–Trinajstić information content (AvgIpc) is 3.78. The van der Waals surface area contributed by atoms with Crippen LogP contribution in [0.5, 0.6) is 0 Å². The van der Waals surface area contributed by atoms with Crippen LogP contribution < -0.4 is 0 Å². The number of para-hydroxylation sites is 3. The van der Waals surface area contributed by atoms with Gasteiger partial charge in [-0.05, 0) is 114 Å². The third-order valence-corrected chi connectivity index (χ3v) is 11.2. The first-order chi connectivity index (χ1) is 26.7. The Kier molecular flexibility index (Phi) is 6.80. The van der Waals surface area contributed by atoms with E-state index in [2.05, 4.69) is 200 Å². The van der Waals surface area contributed by atoms with E-state index in [9.17, 15) is 0 Å². The molecule has 1 aliphatic carbocycles. The highest BCUT2D eigenvalue weighted by molar-refractivity contribution is 6.28. The van der Waals surface area contributed by atoms with Crippen LogP contribution in [0.25, 0.3) is 105 Å². The summed E-state index contributed by atoms with van der Waals surface area (Å²) in [6, 6.07) is 68.4. The topological polar surface area (TPSA) is 17.8 Å². The molecular formula is C52H34N2. The van der Waals surface area contributed by atoms with E-state index >= 15 is 0 Å². The minimum atomic E-state index is 0.935. The Balaban J connectivity index is 1.18.